The first kappa shape index (κ1) is 49.9. The van der Waals surface area contributed by atoms with Gasteiger partial charge in [-0.3, -0.25) is 24.0 Å². The van der Waals surface area contributed by atoms with Gasteiger partial charge in [-0.1, -0.05) is 19.1 Å². The summed E-state index contributed by atoms with van der Waals surface area (Å²) in [6.45, 7) is 8.27. The van der Waals surface area contributed by atoms with Crippen molar-refractivity contribution in [3.05, 3.63) is 88.7 Å². The van der Waals surface area contributed by atoms with Gasteiger partial charge in [-0.2, -0.15) is 5.26 Å². The predicted molar refractivity (Wildman–Crippen MR) is 252 cm³/mol. The minimum Gasteiger partial charge on any atom is -0.492 e. The minimum atomic E-state index is -1.24. The van der Waals surface area contributed by atoms with Crippen molar-refractivity contribution < 1.29 is 38.2 Å². The molecule has 6 rings (SSSR count). The van der Waals surface area contributed by atoms with Gasteiger partial charge >= 0.3 is 0 Å². The van der Waals surface area contributed by atoms with Gasteiger partial charge in [0.15, 0.2) is 23.2 Å². The Hall–Kier alpha value is -6.54. The van der Waals surface area contributed by atoms with Crippen LogP contribution in [0.4, 0.5) is 0 Å². The Morgan fingerprint density at radius 2 is 1.67 bits per heavy atom. The molecule has 2 aliphatic heterocycles. The molecule has 7 N–H and O–H groups in total. The highest BCUT2D eigenvalue weighted by Crippen LogP contribution is 2.41. The van der Waals surface area contributed by atoms with E-state index in [0.29, 0.717) is 45.3 Å². The predicted octanol–water partition coefficient (Wildman–Crippen LogP) is 5.14. The number of Topliss-reactive ketones (excluding diaryl/α,β-unsaturated/α-hetero) is 3. The Labute approximate surface area is 391 Å². The van der Waals surface area contributed by atoms with E-state index in [2.05, 4.69) is 24.1 Å². The summed E-state index contributed by atoms with van der Waals surface area (Å²) in [7, 11) is 1.50. The number of rotatable bonds is 17. The first-order chi connectivity index (χ1) is 32.1. The van der Waals surface area contributed by atoms with Crippen molar-refractivity contribution in [2.75, 3.05) is 39.9 Å². The summed E-state index contributed by atoms with van der Waals surface area (Å²) in [5.74, 6) is -1.93. The standard InChI is InChI=1S/C51H62N8O8/c1-30-23-43(62)47(59(5)50(64)36(15-18-53)28-42(61)39-29-56-48(57-31(39)2)35-10-12-44-33(26-35)14-16-51(3,4)67-44)34-9-13-46(66-22-20-55)38(27-34)37-24-32(8-11-45(37)65-21-19-54)25-40(58-49(30)63)41(60)7-6-17-52/h8-13,24,26-27,29-30,36,40,47H,6-7,14-16,18-23,25,28,53-55H2,1-5H3,(H,58,63)/t30-,36-,40+,47+/m1/s1. The lowest BCUT2D eigenvalue weighted by atomic mass is 9.88. The molecule has 16 heteroatoms. The fourth-order valence-corrected chi connectivity index (χ4v) is 8.65. The number of ether oxygens (including phenoxy) is 3. The molecule has 16 nitrogen and oxygen atoms in total. The average molecular weight is 915 g/mol. The number of hydrogen-bond donors (Lipinski definition) is 4. The largest absolute Gasteiger partial charge is 0.492 e. The number of fused-ring (bicyclic) bond motifs is 6. The Morgan fingerprint density at radius 3 is 2.34 bits per heavy atom. The molecular formula is C51H62N8O8. The summed E-state index contributed by atoms with van der Waals surface area (Å²) in [5.41, 5.74) is 22.2. The molecule has 0 fully saturated rings. The molecule has 354 valence electrons. The van der Waals surface area contributed by atoms with Crippen molar-refractivity contribution in [3.63, 3.8) is 0 Å². The number of hydrogen-bond acceptors (Lipinski definition) is 14. The van der Waals surface area contributed by atoms with E-state index >= 15 is 0 Å². The van der Waals surface area contributed by atoms with Crippen molar-refractivity contribution in [2.24, 2.45) is 29.0 Å². The summed E-state index contributed by atoms with van der Waals surface area (Å²) in [4.78, 5) is 81.5. The number of nitrogens with one attached hydrogen (secondary N) is 1. The number of aryl methyl sites for hydroxylation is 2. The number of aromatic nitrogens is 2. The zero-order chi connectivity index (χ0) is 48.4. The molecule has 0 aliphatic carbocycles. The van der Waals surface area contributed by atoms with E-state index in [4.69, 9.17) is 36.4 Å². The quantitative estimate of drug-likeness (QED) is 0.100. The van der Waals surface area contributed by atoms with Crippen LogP contribution in [0.1, 0.15) is 98.1 Å². The molecule has 2 aliphatic rings. The van der Waals surface area contributed by atoms with E-state index in [0.717, 1.165) is 29.7 Å². The lowest BCUT2D eigenvalue weighted by Gasteiger charge is -2.32. The van der Waals surface area contributed by atoms with Gasteiger partial charge < -0.3 is 41.6 Å². The highest BCUT2D eigenvalue weighted by atomic mass is 16.5. The molecule has 4 bridgehead atoms. The molecule has 67 heavy (non-hydrogen) atoms. The normalized spacial score (nSPS) is 18.2. The van der Waals surface area contributed by atoms with Crippen molar-refractivity contribution >= 4 is 29.2 Å². The highest BCUT2D eigenvalue weighted by Gasteiger charge is 2.36. The third kappa shape index (κ3) is 12.1. The van der Waals surface area contributed by atoms with Gasteiger partial charge in [0.1, 0.15) is 42.1 Å². The lowest BCUT2D eigenvalue weighted by Crippen LogP contribution is -2.46. The maximum Gasteiger partial charge on any atom is 0.226 e. The van der Waals surface area contributed by atoms with Gasteiger partial charge in [0.25, 0.3) is 0 Å². The van der Waals surface area contributed by atoms with Gasteiger partial charge in [0.2, 0.25) is 11.8 Å². The van der Waals surface area contributed by atoms with Crippen LogP contribution in [0.15, 0.2) is 60.8 Å². The van der Waals surface area contributed by atoms with Crippen LogP contribution in [0.5, 0.6) is 17.2 Å². The second kappa shape index (κ2) is 22.3. The van der Waals surface area contributed by atoms with E-state index in [1.165, 1.54) is 18.1 Å². The molecule has 3 heterocycles. The summed E-state index contributed by atoms with van der Waals surface area (Å²) in [6.07, 6.45) is 2.78. The van der Waals surface area contributed by atoms with E-state index < -0.39 is 41.5 Å². The number of benzene rings is 3. The van der Waals surface area contributed by atoms with Crippen LogP contribution in [-0.4, -0.2) is 95.6 Å². The van der Waals surface area contributed by atoms with Crippen LogP contribution in [0.2, 0.25) is 0 Å². The van der Waals surface area contributed by atoms with Crippen molar-refractivity contribution in [2.45, 2.75) is 96.7 Å². The summed E-state index contributed by atoms with van der Waals surface area (Å²) in [5, 5.41) is 12.1. The van der Waals surface area contributed by atoms with Crippen LogP contribution >= 0.6 is 0 Å². The topological polar surface area (TPSA) is 256 Å². The second-order valence-electron chi connectivity index (χ2n) is 18.0. The highest BCUT2D eigenvalue weighted by molar-refractivity contribution is 6.00. The van der Waals surface area contributed by atoms with Crippen LogP contribution in [0, 0.1) is 30.1 Å². The minimum absolute atomic E-state index is 0.0333. The number of likely N-dealkylation sites (N-methyl/N-ethyl adjacent to an activating group) is 1. The zero-order valence-corrected chi connectivity index (χ0v) is 39.1. The maximum absolute atomic E-state index is 14.8. The fourth-order valence-electron chi connectivity index (χ4n) is 8.65. The average Bonchev–Trinajstić information content (AvgIpc) is 3.30. The monoisotopic (exact) mass is 914 g/mol. The summed E-state index contributed by atoms with van der Waals surface area (Å²) >= 11 is 0. The smallest absolute Gasteiger partial charge is 0.226 e. The molecule has 3 aromatic carbocycles. The van der Waals surface area contributed by atoms with Crippen molar-refractivity contribution in [3.8, 4) is 45.8 Å². The van der Waals surface area contributed by atoms with Crippen LogP contribution < -0.4 is 36.7 Å². The van der Waals surface area contributed by atoms with Crippen molar-refractivity contribution in [1.82, 2.24) is 20.2 Å². The van der Waals surface area contributed by atoms with Gasteiger partial charge in [0, 0.05) is 80.5 Å². The maximum atomic E-state index is 14.8. The second-order valence-corrected chi connectivity index (χ2v) is 18.0. The summed E-state index contributed by atoms with van der Waals surface area (Å²) < 4.78 is 18.4. The number of nitrogens with two attached hydrogens (primary N) is 3. The Balaban J connectivity index is 1.36. The number of nitriles is 1. The van der Waals surface area contributed by atoms with E-state index in [9.17, 15) is 29.2 Å². The molecule has 4 aromatic rings. The Kier molecular flexibility index (Phi) is 16.6. The molecule has 0 saturated heterocycles. The van der Waals surface area contributed by atoms with Gasteiger partial charge in [-0.15, -0.1) is 0 Å². The van der Waals surface area contributed by atoms with E-state index in [1.807, 2.05) is 30.3 Å². The number of amides is 2. The number of nitrogens with zero attached hydrogens (tertiary/aromatic N) is 4. The van der Waals surface area contributed by atoms with Crippen molar-refractivity contribution in [1.29, 1.82) is 5.26 Å². The van der Waals surface area contributed by atoms with Crippen LogP contribution in [0.25, 0.3) is 22.5 Å². The Bertz CT molecular complexity index is 2540. The van der Waals surface area contributed by atoms with Crippen LogP contribution in [0.3, 0.4) is 0 Å². The van der Waals surface area contributed by atoms with E-state index in [1.54, 1.807) is 44.2 Å². The molecule has 0 unspecified atom stereocenters. The zero-order valence-electron chi connectivity index (χ0n) is 39.1. The van der Waals surface area contributed by atoms with Gasteiger partial charge in [-0.25, -0.2) is 9.97 Å². The first-order valence-electron chi connectivity index (χ1n) is 22.9. The third-order valence-electron chi connectivity index (χ3n) is 12.3. The van der Waals surface area contributed by atoms with Gasteiger partial charge in [-0.05, 0) is 112 Å². The third-order valence-corrected chi connectivity index (χ3v) is 12.3. The van der Waals surface area contributed by atoms with Gasteiger partial charge in [0.05, 0.1) is 23.4 Å². The molecular weight excluding hydrogens is 853 g/mol. The summed E-state index contributed by atoms with van der Waals surface area (Å²) in [6, 6.07) is 16.1. The molecule has 2 amide bonds. The number of carbonyl (C=O) groups is 5. The SMILES string of the molecule is Cc1nc(-c2ccc3c(c2)CCC(C)(C)O3)ncc1C(=O)C[C@@H](CCN)C(=O)N(C)[C@@H]1C(=O)C[C@@H](C)C(=O)N[C@H](C(=O)CCC#N)Cc2ccc(OCCN)c(c2)-c2cc1ccc2OCCN. The Morgan fingerprint density at radius 1 is 0.970 bits per heavy atom. The molecule has 0 spiro atoms. The van der Waals surface area contributed by atoms with E-state index in [-0.39, 0.29) is 94.1 Å². The fraction of sp³-hybridized carbons (Fsp3) is 0.451. The number of carbonyl (C=O) groups excluding carboxylic acids is 5. The number of ketones is 3. The van der Waals surface area contributed by atoms with Crippen LogP contribution in [-0.2, 0) is 32.0 Å². The molecule has 0 radical (unpaired) electrons. The molecule has 1 aromatic heterocycles. The lowest BCUT2D eigenvalue weighted by molar-refractivity contribution is -0.142. The first-order valence-corrected chi connectivity index (χ1v) is 22.9. The molecule has 0 saturated carbocycles. The molecule has 4 atom stereocenters.